The Balaban J connectivity index is 2.32. The van der Waals surface area contributed by atoms with Gasteiger partial charge in [0.25, 0.3) is 0 Å². The van der Waals surface area contributed by atoms with E-state index in [1.54, 1.807) is 0 Å². The lowest BCUT2D eigenvalue weighted by molar-refractivity contribution is 0.0894. The first-order valence-electron chi connectivity index (χ1n) is 6.71. The molecule has 0 saturated heterocycles. The molecule has 5 atom stereocenters. The van der Waals surface area contributed by atoms with Crippen molar-refractivity contribution in [1.82, 2.24) is 4.98 Å². The van der Waals surface area contributed by atoms with Crippen LogP contribution in [0.25, 0.3) is 0 Å². The van der Waals surface area contributed by atoms with Crippen molar-refractivity contribution in [2.24, 2.45) is 5.92 Å². The Kier molecular flexibility index (Phi) is 6.30. The Morgan fingerprint density at radius 3 is 3.00 bits per heavy atom. The van der Waals surface area contributed by atoms with Gasteiger partial charge in [-0.2, -0.15) is 0 Å². The van der Waals surface area contributed by atoms with Crippen LogP contribution in [0.4, 0.5) is 0 Å². The molecule has 2 rings (SSSR count). The average molecular weight is 331 g/mol. The maximum atomic E-state index is 12.7. The Morgan fingerprint density at radius 1 is 1.53 bits per heavy atom. The molecule has 0 aromatic carbocycles. The first kappa shape index (κ1) is 15.9. The van der Waals surface area contributed by atoms with E-state index in [1.165, 1.54) is 17.3 Å². The Labute approximate surface area is 122 Å². The van der Waals surface area contributed by atoms with E-state index in [2.05, 4.69) is 29.8 Å². The van der Waals surface area contributed by atoms with Crippen molar-refractivity contribution in [3.63, 3.8) is 0 Å². The molecule has 1 heterocycles. The fourth-order valence-corrected chi connectivity index (χ4v) is 6.20. The largest absolute Gasteiger partial charge is 0.294 e. The van der Waals surface area contributed by atoms with Crippen molar-refractivity contribution in [3.05, 3.63) is 23.5 Å². The number of unbranched alkanes of at least 4 members (excludes halogenated alkanes) is 1. The number of carbonyl (C=O) groups is 1. The zero-order valence-electron chi connectivity index (χ0n) is 11.2. The van der Waals surface area contributed by atoms with E-state index < -0.39 is 0 Å². The predicted molar refractivity (Wildman–Crippen MR) is 94.2 cm³/mol. The minimum absolute atomic E-state index is 0.245. The van der Waals surface area contributed by atoms with Gasteiger partial charge in [-0.3, -0.25) is 9.78 Å². The van der Waals surface area contributed by atoms with Crippen molar-refractivity contribution in [2.45, 2.75) is 39.0 Å². The lowest BCUT2D eigenvalue weighted by atomic mass is 9.81. The van der Waals surface area contributed by atoms with Crippen LogP contribution in [0.3, 0.4) is 0 Å². The second kappa shape index (κ2) is 7.52. The lowest BCUT2D eigenvalue weighted by Gasteiger charge is -2.26. The highest BCUT2D eigenvalue weighted by Crippen LogP contribution is 2.65. The van der Waals surface area contributed by atoms with E-state index in [9.17, 15) is 4.79 Å². The number of aromatic nitrogens is 1. The molecular weight excluding hydrogens is 310 g/mol. The maximum Gasteiger partial charge on any atom is 0.167 e. The van der Waals surface area contributed by atoms with Gasteiger partial charge in [-0.15, -0.1) is 17.9 Å². The van der Waals surface area contributed by atoms with Gasteiger partial charge in [0.15, 0.2) is 5.78 Å². The second-order valence-corrected chi connectivity index (χ2v) is 14.1. The number of rotatable bonds is 5. The highest BCUT2D eigenvalue weighted by Gasteiger charge is 2.30. The highest BCUT2D eigenvalue weighted by atomic mass is 32.6. The minimum atomic E-state index is -0.323. The number of nitrogens with zero attached hydrogens (tertiary/aromatic N) is 1. The number of hydrogen-bond donors (Lipinski definition) is 0. The van der Waals surface area contributed by atoms with E-state index in [0.717, 1.165) is 39.2 Å². The maximum absolute atomic E-state index is 12.7. The van der Waals surface area contributed by atoms with Crippen LogP contribution in [0.1, 0.15) is 48.5 Å². The zero-order valence-corrected chi connectivity index (χ0v) is 15.4. The van der Waals surface area contributed by atoms with Crippen molar-refractivity contribution in [3.8, 4) is 0 Å². The van der Waals surface area contributed by atoms with Gasteiger partial charge in [-0.1, -0.05) is 27.7 Å². The molecule has 5 unspecified atom stereocenters. The third-order valence-corrected chi connectivity index (χ3v) is 13.7. The van der Waals surface area contributed by atoms with Crippen LogP contribution in [-0.4, -0.2) is 10.8 Å². The van der Waals surface area contributed by atoms with Gasteiger partial charge in [-0.05, 0) is 32.1 Å². The molecule has 0 spiro atoms. The molecule has 1 aliphatic carbocycles. The summed E-state index contributed by atoms with van der Waals surface area (Å²) in [7, 11) is 6.16. The molecule has 0 fully saturated rings. The Hall–Kier alpha value is 0.540. The Bertz CT molecular complexity index is 466. The van der Waals surface area contributed by atoms with Crippen LogP contribution < -0.4 is 5.30 Å². The van der Waals surface area contributed by atoms with Crippen LogP contribution >= 0.6 is 33.1 Å². The van der Waals surface area contributed by atoms with Crippen molar-refractivity contribution in [1.29, 1.82) is 0 Å². The van der Waals surface area contributed by atoms with E-state index in [4.69, 9.17) is 0 Å². The van der Waals surface area contributed by atoms with Gasteiger partial charge < -0.3 is 0 Å². The third kappa shape index (κ3) is 3.60. The molecule has 6 heteroatoms. The molecule has 0 saturated carbocycles. The molecule has 0 N–H and O–H groups in total. The van der Waals surface area contributed by atoms with Crippen LogP contribution in [-0.2, 0) is 6.42 Å². The summed E-state index contributed by atoms with van der Waals surface area (Å²) in [6.07, 6.45) is 9.21. The summed E-state index contributed by atoms with van der Waals surface area (Å²) in [5, 5.41) is 1.19. The van der Waals surface area contributed by atoms with Crippen LogP contribution in [0, 0.1) is 5.92 Å². The van der Waals surface area contributed by atoms with Gasteiger partial charge in [0.05, 0.1) is 0 Å². The number of carbonyl (C=O) groups excluding carboxylic acids is 1. The number of pyridine rings is 1. The van der Waals surface area contributed by atoms with Crippen molar-refractivity contribution < 1.29 is 4.79 Å². The van der Waals surface area contributed by atoms with Crippen molar-refractivity contribution in [2.75, 3.05) is 0 Å². The molecule has 0 radical (unpaired) electrons. The van der Waals surface area contributed by atoms with Crippen molar-refractivity contribution >= 4 is 44.2 Å². The standard InChI is InChI=1S/C13H21NOP4/c1-2-3-4-9-5-6-10-7-14-8-11(19(17)18-16)12(10)13(9)15/h7-9,18H,2-6,16-17H2,1H3. The highest BCUT2D eigenvalue weighted by molar-refractivity contribution is 8.63. The Morgan fingerprint density at radius 2 is 2.32 bits per heavy atom. The number of hydrogen-bond acceptors (Lipinski definition) is 2. The summed E-state index contributed by atoms with van der Waals surface area (Å²) in [5.41, 5.74) is 2.19. The van der Waals surface area contributed by atoms with Gasteiger partial charge in [0.1, 0.15) is 0 Å². The molecular formula is C13H21NOP4. The molecule has 1 aromatic heterocycles. The van der Waals surface area contributed by atoms with Crippen LogP contribution in [0.5, 0.6) is 0 Å². The first-order valence-corrected chi connectivity index (χ1v) is 13.3. The van der Waals surface area contributed by atoms with E-state index in [0.29, 0.717) is 5.78 Å². The normalized spacial score (nSPS) is 20.8. The minimum Gasteiger partial charge on any atom is -0.294 e. The monoisotopic (exact) mass is 331 g/mol. The summed E-state index contributed by atoms with van der Waals surface area (Å²) >= 11 is 0. The summed E-state index contributed by atoms with van der Waals surface area (Å²) in [5.74, 6) is 0.625. The number of aryl methyl sites for hydroxylation is 1. The molecule has 0 aliphatic heterocycles. The first-order chi connectivity index (χ1) is 9.19. The molecule has 2 nitrogen and oxygen atoms in total. The quantitative estimate of drug-likeness (QED) is 0.753. The molecule has 0 amide bonds. The molecule has 0 bridgehead atoms. The second-order valence-electron chi connectivity index (χ2n) is 4.93. The number of ketones is 1. The summed E-state index contributed by atoms with van der Waals surface area (Å²) in [6.45, 7) is 2.19. The third-order valence-electron chi connectivity index (χ3n) is 3.69. The van der Waals surface area contributed by atoms with E-state index in [1.807, 2.05) is 12.4 Å². The summed E-state index contributed by atoms with van der Waals surface area (Å²) < 4.78 is 0. The molecule has 1 aliphatic rings. The van der Waals surface area contributed by atoms with Gasteiger partial charge in [0.2, 0.25) is 0 Å². The van der Waals surface area contributed by atoms with Crippen LogP contribution in [0.2, 0.25) is 0 Å². The zero-order chi connectivity index (χ0) is 13.8. The SMILES string of the molecule is CCCCC1CCc2cncc(P(P)PP)c2C1=O. The molecule has 1 aromatic rings. The topological polar surface area (TPSA) is 30.0 Å². The van der Waals surface area contributed by atoms with E-state index >= 15 is 0 Å². The fourth-order valence-electron chi connectivity index (χ4n) is 2.61. The predicted octanol–water partition coefficient (Wildman–Crippen LogP) is 4.30. The fraction of sp³-hybridized carbons (Fsp3) is 0.538. The number of fused-ring (bicyclic) bond motifs is 1. The lowest BCUT2D eigenvalue weighted by Crippen LogP contribution is -2.28. The smallest absolute Gasteiger partial charge is 0.167 e. The van der Waals surface area contributed by atoms with Crippen LogP contribution in [0.15, 0.2) is 12.4 Å². The molecule has 104 valence electrons. The van der Waals surface area contributed by atoms with Gasteiger partial charge >= 0.3 is 0 Å². The number of Topliss-reactive ketones (excluding diaryl/α,β-unsaturated/α-hetero) is 1. The summed E-state index contributed by atoms with van der Waals surface area (Å²) in [6, 6.07) is 0. The summed E-state index contributed by atoms with van der Waals surface area (Å²) in [4.78, 5) is 17.1. The van der Waals surface area contributed by atoms with E-state index in [-0.39, 0.29) is 13.2 Å². The van der Waals surface area contributed by atoms with Gasteiger partial charge in [0, 0.05) is 29.2 Å². The van der Waals surface area contributed by atoms with Gasteiger partial charge in [-0.25, -0.2) is 0 Å². The molecule has 19 heavy (non-hydrogen) atoms. The average Bonchev–Trinajstić information content (AvgIpc) is 2.45.